The molecule has 0 atom stereocenters. The zero-order valence-electron chi connectivity index (χ0n) is 14.6. The van der Waals surface area contributed by atoms with Crippen molar-refractivity contribution < 1.29 is 22.5 Å². The van der Waals surface area contributed by atoms with Crippen molar-refractivity contribution in [1.29, 1.82) is 0 Å². The van der Waals surface area contributed by atoms with Crippen molar-refractivity contribution >= 4 is 16.1 Å². The summed E-state index contributed by atoms with van der Waals surface area (Å²) < 4.78 is 30.4. The van der Waals surface area contributed by atoms with Gasteiger partial charge >= 0.3 is 16.1 Å². The van der Waals surface area contributed by atoms with Crippen molar-refractivity contribution in [3.63, 3.8) is 0 Å². The molecule has 0 bridgehead atoms. The molecule has 0 heterocycles. The average molecular weight is 374 g/mol. The van der Waals surface area contributed by atoms with Gasteiger partial charge < -0.3 is 9.29 Å². The summed E-state index contributed by atoms with van der Waals surface area (Å²) in [4.78, 5) is 11.0. The van der Waals surface area contributed by atoms with E-state index in [1.807, 2.05) is 12.1 Å². The molecule has 0 unspecified atom stereocenters. The zero-order valence-corrected chi connectivity index (χ0v) is 15.5. The molecule has 0 spiro atoms. The largest absolute Gasteiger partial charge is 0.478 e. The van der Waals surface area contributed by atoms with E-state index in [0.29, 0.717) is 11.5 Å². The van der Waals surface area contributed by atoms with Crippen molar-refractivity contribution in [2.24, 2.45) is 0 Å². The molecule has 6 heteroatoms. The van der Waals surface area contributed by atoms with Gasteiger partial charge in [-0.3, -0.25) is 0 Å². The van der Waals surface area contributed by atoms with Crippen LogP contribution in [0.5, 0.6) is 5.75 Å². The molecule has 3 rings (SSSR count). The van der Waals surface area contributed by atoms with Crippen molar-refractivity contribution in [2.75, 3.05) is 0 Å². The lowest BCUT2D eigenvalue weighted by Gasteiger charge is -2.22. The number of carbonyl (C=O) groups is 1. The lowest BCUT2D eigenvalue weighted by Crippen LogP contribution is -2.13. The number of carboxylic acid groups (broad SMARTS) is 1. The van der Waals surface area contributed by atoms with Gasteiger partial charge in [-0.2, -0.15) is 8.42 Å². The lowest BCUT2D eigenvalue weighted by atomic mass is 9.84. The van der Waals surface area contributed by atoms with Crippen LogP contribution in [-0.2, 0) is 10.1 Å². The molecular weight excluding hydrogens is 352 g/mol. The normalized spacial score (nSPS) is 15.6. The fraction of sp³-hybridized carbons (Fsp3) is 0.350. The first kappa shape index (κ1) is 18.5. The van der Waals surface area contributed by atoms with Crippen LogP contribution in [-0.4, -0.2) is 19.5 Å². The number of aryl methyl sites for hydroxylation is 1. The highest BCUT2D eigenvalue weighted by molar-refractivity contribution is 7.87. The Morgan fingerprint density at radius 2 is 1.69 bits per heavy atom. The van der Waals surface area contributed by atoms with E-state index in [1.165, 1.54) is 49.8 Å². The number of hydrogen-bond acceptors (Lipinski definition) is 4. The van der Waals surface area contributed by atoms with Gasteiger partial charge in [0.25, 0.3) is 0 Å². The first-order valence-corrected chi connectivity index (χ1v) is 10.2. The van der Waals surface area contributed by atoms with Gasteiger partial charge in [0.2, 0.25) is 0 Å². The highest BCUT2D eigenvalue weighted by Crippen LogP contribution is 2.33. The van der Waals surface area contributed by atoms with Gasteiger partial charge in [0, 0.05) is 0 Å². The van der Waals surface area contributed by atoms with Crippen LogP contribution in [0.25, 0.3) is 0 Å². The average Bonchev–Trinajstić information content (AvgIpc) is 2.63. The highest BCUT2D eigenvalue weighted by atomic mass is 32.2. The molecule has 1 aliphatic rings. The summed E-state index contributed by atoms with van der Waals surface area (Å²) in [6.07, 6.45) is 6.08. The van der Waals surface area contributed by atoms with Gasteiger partial charge in [-0.15, -0.1) is 0 Å². The maximum absolute atomic E-state index is 12.6. The molecule has 1 saturated carbocycles. The van der Waals surface area contributed by atoms with Crippen molar-refractivity contribution in [3.05, 3.63) is 59.2 Å². The predicted octanol–water partition coefficient (Wildman–Crippen LogP) is 4.51. The Balaban J connectivity index is 1.81. The van der Waals surface area contributed by atoms with Crippen LogP contribution >= 0.6 is 0 Å². The van der Waals surface area contributed by atoms with Crippen LogP contribution < -0.4 is 4.18 Å². The Morgan fingerprint density at radius 1 is 1.04 bits per heavy atom. The molecule has 1 fully saturated rings. The number of aromatic carboxylic acids is 1. The van der Waals surface area contributed by atoms with E-state index in [9.17, 15) is 13.2 Å². The van der Waals surface area contributed by atoms with E-state index in [1.54, 1.807) is 19.1 Å². The fourth-order valence-corrected chi connectivity index (χ4v) is 4.59. The summed E-state index contributed by atoms with van der Waals surface area (Å²) in [6.45, 7) is 1.61. The molecule has 0 amide bonds. The SMILES string of the molecule is Cc1ccc(C(=O)O)cc1S(=O)(=O)Oc1ccc(C2CCCCC2)cc1. The smallest absolute Gasteiger partial charge is 0.339 e. The second-order valence-corrected chi connectivity index (χ2v) is 8.24. The number of hydrogen-bond donors (Lipinski definition) is 1. The molecule has 2 aromatic rings. The van der Waals surface area contributed by atoms with E-state index in [-0.39, 0.29) is 16.2 Å². The van der Waals surface area contributed by atoms with Crippen LogP contribution in [0.2, 0.25) is 0 Å². The van der Waals surface area contributed by atoms with Crippen LogP contribution in [0.1, 0.15) is 59.5 Å². The molecule has 0 radical (unpaired) electrons. The van der Waals surface area contributed by atoms with Crippen molar-refractivity contribution in [2.45, 2.75) is 49.8 Å². The predicted molar refractivity (Wildman–Crippen MR) is 98.2 cm³/mol. The first-order chi connectivity index (χ1) is 12.4. The Hall–Kier alpha value is -2.34. The van der Waals surface area contributed by atoms with Gasteiger partial charge in [0.1, 0.15) is 10.6 Å². The van der Waals surface area contributed by atoms with Gasteiger partial charge in [0.05, 0.1) is 5.56 Å². The molecule has 0 saturated heterocycles. The molecule has 1 N–H and O–H groups in total. The number of rotatable bonds is 5. The third-order valence-electron chi connectivity index (χ3n) is 4.87. The molecule has 1 aliphatic carbocycles. The summed E-state index contributed by atoms with van der Waals surface area (Å²) in [5.41, 5.74) is 1.55. The summed E-state index contributed by atoms with van der Waals surface area (Å²) in [5, 5.41) is 9.07. The third kappa shape index (κ3) is 4.07. The fourth-order valence-electron chi connectivity index (χ4n) is 3.41. The summed E-state index contributed by atoms with van der Waals surface area (Å²) in [6, 6.07) is 11.1. The summed E-state index contributed by atoms with van der Waals surface area (Å²) in [7, 11) is -4.10. The maximum atomic E-state index is 12.6. The minimum absolute atomic E-state index is 0.0922. The van der Waals surface area contributed by atoms with Gasteiger partial charge in [0.15, 0.2) is 0 Å². The minimum Gasteiger partial charge on any atom is -0.478 e. The maximum Gasteiger partial charge on any atom is 0.339 e. The third-order valence-corrected chi connectivity index (χ3v) is 6.26. The summed E-state index contributed by atoms with van der Waals surface area (Å²) in [5.74, 6) is -0.424. The van der Waals surface area contributed by atoms with Gasteiger partial charge in [-0.05, 0) is 61.1 Å². The molecule has 2 aromatic carbocycles. The molecule has 0 aromatic heterocycles. The second-order valence-electron chi connectivity index (χ2n) is 6.73. The van der Waals surface area contributed by atoms with Crippen molar-refractivity contribution in [1.82, 2.24) is 0 Å². The standard InChI is InChI=1S/C20H22O5S/c1-14-7-8-17(20(21)22)13-19(14)26(23,24)25-18-11-9-16(10-12-18)15-5-3-2-4-6-15/h7-13,15H,2-6H2,1H3,(H,21,22). The molecule has 138 valence electrons. The first-order valence-electron chi connectivity index (χ1n) is 8.75. The Morgan fingerprint density at radius 3 is 2.31 bits per heavy atom. The Kier molecular flexibility index (Phi) is 5.32. The minimum atomic E-state index is -4.10. The Bertz CT molecular complexity index is 894. The monoisotopic (exact) mass is 374 g/mol. The van der Waals surface area contributed by atoms with Crippen LogP contribution in [0.4, 0.5) is 0 Å². The molecule has 26 heavy (non-hydrogen) atoms. The molecule has 5 nitrogen and oxygen atoms in total. The second kappa shape index (κ2) is 7.50. The molecule has 0 aliphatic heterocycles. The summed E-state index contributed by atoms with van der Waals surface area (Å²) >= 11 is 0. The lowest BCUT2D eigenvalue weighted by molar-refractivity contribution is 0.0696. The van der Waals surface area contributed by atoms with Crippen LogP contribution in [0.15, 0.2) is 47.4 Å². The molecular formula is C20H22O5S. The topological polar surface area (TPSA) is 80.7 Å². The van der Waals surface area contributed by atoms with Gasteiger partial charge in [-0.1, -0.05) is 37.5 Å². The highest BCUT2D eigenvalue weighted by Gasteiger charge is 2.22. The van der Waals surface area contributed by atoms with Crippen LogP contribution in [0.3, 0.4) is 0 Å². The number of benzene rings is 2. The van der Waals surface area contributed by atoms with E-state index in [4.69, 9.17) is 9.29 Å². The zero-order chi connectivity index (χ0) is 18.7. The number of carboxylic acids is 1. The van der Waals surface area contributed by atoms with E-state index < -0.39 is 16.1 Å². The van der Waals surface area contributed by atoms with Crippen molar-refractivity contribution in [3.8, 4) is 5.75 Å². The van der Waals surface area contributed by atoms with Gasteiger partial charge in [-0.25, -0.2) is 4.79 Å². The van der Waals surface area contributed by atoms with Crippen LogP contribution in [0, 0.1) is 6.92 Å². The Labute approximate surface area is 153 Å². The van der Waals surface area contributed by atoms with E-state index >= 15 is 0 Å². The quantitative estimate of drug-likeness (QED) is 0.779. The van der Waals surface area contributed by atoms with E-state index in [0.717, 1.165) is 6.07 Å². The van der Waals surface area contributed by atoms with E-state index in [2.05, 4.69) is 0 Å².